The minimum absolute atomic E-state index is 0.147. The SMILES string of the molecule is C#Cc1cc(CCO)ccn1. The Bertz CT molecular complexity index is 275. The van der Waals surface area contributed by atoms with E-state index in [0.29, 0.717) is 12.1 Å². The second-order valence-corrected chi connectivity index (χ2v) is 2.17. The summed E-state index contributed by atoms with van der Waals surface area (Å²) in [5, 5.41) is 8.61. The first-order valence-electron chi connectivity index (χ1n) is 3.39. The normalized spacial score (nSPS) is 9.09. The third-order valence-corrected chi connectivity index (χ3v) is 1.37. The number of hydrogen-bond acceptors (Lipinski definition) is 2. The molecule has 2 heteroatoms. The van der Waals surface area contributed by atoms with Gasteiger partial charge in [0.2, 0.25) is 0 Å². The lowest BCUT2D eigenvalue weighted by Gasteiger charge is -1.96. The highest BCUT2D eigenvalue weighted by Crippen LogP contribution is 2.00. The molecule has 0 unspecified atom stereocenters. The van der Waals surface area contributed by atoms with Crippen LogP contribution in [0.3, 0.4) is 0 Å². The van der Waals surface area contributed by atoms with E-state index in [4.69, 9.17) is 11.5 Å². The fourth-order valence-corrected chi connectivity index (χ4v) is 0.838. The van der Waals surface area contributed by atoms with Crippen molar-refractivity contribution in [2.75, 3.05) is 6.61 Å². The monoisotopic (exact) mass is 147 g/mol. The molecule has 0 amide bonds. The van der Waals surface area contributed by atoms with Gasteiger partial charge in [0.05, 0.1) is 0 Å². The zero-order valence-corrected chi connectivity index (χ0v) is 6.12. The molecule has 0 bridgehead atoms. The minimum atomic E-state index is 0.147. The van der Waals surface area contributed by atoms with Crippen molar-refractivity contribution in [3.8, 4) is 12.3 Å². The quantitative estimate of drug-likeness (QED) is 0.621. The molecule has 0 aliphatic heterocycles. The van der Waals surface area contributed by atoms with Crippen molar-refractivity contribution >= 4 is 0 Å². The summed E-state index contributed by atoms with van der Waals surface area (Å²) in [6.45, 7) is 0.147. The molecular weight excluding hydrogens is 138 g/mol. The van der Waals surface area contributed by atoms with E-state index in [1.54, 1.807) is 12.3 Å². The summed E-state index contributed by atoms with van der Waals surface area (Å²) >= 11 is 0. The molecule has 1 heterocycles. The molecule has 0 aliphatic carbocycles. The Kier molecular flexibility index (Phi) is 2.65. The molecule has 0 atom stereocenters. The summed E-state index contributed by atoms with van der Waals surface area (Å²) in [5.41, 5.74) is 1.64. The highest BCUT2D eigenvalue weighted by Gasteiger charge is 1.92. The van der Waals surface area contributed by atoms with Gasteiger partial charge in [-0.25, -0.2) is 4.98 Å². The molecule has 0 radical (unpaired) electrons. The van der Waals surface area contributed by atoms with Gasteiger partial charge in [0.25, 0.3) is 0 Å². The van der Waals surface area contributed by atoms with E-state index in [0.717, 1.165) is 5.56 Å². The van der Waals surface area contributed by atoms with E-state index in [2.05, 4.69) is 10.9 Å². The third-order valence-electron chi connectivity index (χ3n) is 1.37. The number of aliphatic hydroxyl groups is 1. The van der Waals surface area contributed by atoms with Crippen LogP contribution < -0.4 is 0 Å². The summed E-state index contributed by atoms with van der Waals surface area (Å²) in [6, 6.07) is 3.65. The van der Waals surface area contributed by atoms with Crippen LogP contribution in [-0.2, 0) is 6.42 Å². The van der Waals surface area contributed by atoms with E-state index in [1.165, 1.54) is 0 Å². The van der Waals surface area contributed by atoms with Gasteiger partial charge < -0.3 is 5.11 Å². The Balaban J connectivity index is 2.85. The summed E-state index contributed by atoms with van der Waals surface area (Å²) in [6.07, 6.45) is 7.43. The van der Waals surface area contributed by atoms with Gasteiger partial charge in [-0.2, -0.15) is 0 Å². The number of aromatic nitrogens is 1. The zero-order valence-electron chi connectivity index (χ0n) is 6.12. The van der Waals surface area contributed by atoms with E-state index in [-0.39, 0.29) is 6.61 Å². The van der Waals surface area contributed by atoms with Crippen LogP contribution in [0.1, 0.15) is 11.3 Å². The Morgan fingerprint density at radius 3 is 3.09 bits per heavy atom. The van der Waals surface area contributed by atoms with Gasteiger partial charge in [0.15, 0.2) is 0 Å². The van der Waals surface area contributed by atoms with Crippen molar-refractivity contribution in [3.63, 3.8) is 0 Å². The largest absolute Gasteiger partial charge is 0.396 e. The standard InChI is InChI=1S/C9H9NO/c1-2-9-7-8(4-6-11)3-5-10-9/h1,3,5,7,11H,4,6H2. The highest BCUT2D eigenvalue weighted by atomic mass is 16.2. The molecule has 0 saturated heterocycles. The van der Waals surface area contributed by atoms with Gasteiger partial charge in [-0.3, -0.25) is 0 Å². The predicted octanol–water partition coefficient (Wildman–Crippen LogP) is 0.598. The average molecular weight is 147 g/mol. The summed E-state index contributed by atoms with van der Waals surface area (Å²) < 4.78 is 0. The molecule has 1 N–H and O–H groups in total. The van der Waals surface area contributed by atoms with Crippen molar-refractivity contribution < 1.29 is 5.11 Å². The fraction of sp³-hybridized carbons (Fsp3) is 0.222. The van der Waals surface area contributed by atoms with Crippen LogP contribution in [0, 0.1) is 12.3 Å². The van der Waals surface area contributed by atoms with Gasteiger partial charge in [-0.1, -0.05) is 5.92 Å². The lowest BCUT2D eigenvalue weighted by atomic mass is 10.2. The Morgan fingerprint density at radius 2 is 2.45 bits per heavy atom. The Morgan fingerprint density at radius 1 is 1.64 bits per heavy atom. The Hall–Kier alpha value is -1.33. The highest BCUT2D eigenvalue weighted by molar-refractivity contribution is 5.28. The van der Waals surface area contributed by atoms with E-state index in [1.807, 2.05) is 6.07 Å². The van der Waals surface area contributed by atoms with Crippen molar-refractivity contribution in [1.29, 1.82) is 0 Å². The molecule has 1 aromatic heterocycles. The van der Waals surface area contributed by atoms with E-state index >= 15 is 0 Å². The second-order valence-electron chi connectivity index (χ2n) is 2.17. The van der Waals surface area contributed by atoms with Crippen LogP contribution in [0.2, 0.25) is 0 Å². The van der Waals surface area contributed by atoms with Crippen molar-refractivity contribution in [1.82, 2.24) is 4.98 Å². The average Bonchev–Trinajstić information content (AvgIpc) is 2.06. The van der Waals surface area contributed by atoms with Crippen molar-refractivity contribution in [2.45, 2.75) is 6.42 Å². The summed E-state index contributed by atoms with van der Waals surface area (Å²) in [4.78, 5) is 3.92. The molecule has 0 aromatic carbocycles. The summed E-state index contributed by atoms with van der Waals surface area (Å²) in [5.74, 6) is 2.43. The van der Waals surface area contributed by atoms with Crippen LogP contribution in [0.4, 0.5) is 0 Å². The van der Waals surface area contributed by atoms with Gasteiger partial charge in [-0.15, -0.1) is 6.42 Å². The maximum atomic E-state index is 8.61. The predicted molar refractivity (Wildman–Crippen MR) is 43.0 cm³/mol. The molecule has 11 heavy (non-hydrogen) atoms. The number of terminal acetylenes is 1. The van der Waals surface area contributed by atoms with Crippen LogP contribution in [0.5, 0.6) is 0 Å². The van der Waals surface area contributed by atoms with Crippen LogP contribution in [0.15, 0.2) is 18.3 Å². The number of aliphatic hydroxyl groups excluding tert-OH is 1. The maximum Gasteiger partial charge on any atom is 0.113 e. The molecule has 2 nitrogen and oxygen atoms in total. The van der Waals surface area contributed by atoms with Crippen LogP contribution in [0.25, 0.3) is 0 Å². The molecule has 0 fully saturated rings. The molecule has 56 valence electrons. The van der Waals surface area contributed by atoms with Crippen LogP contribution >= 0.6 is 0 Å². The first kappa shape index (κ1) is 7.77. The zero-order chi connectivity index (χ0) is 8.10. The third kappa shape index (κ3) is 2.06. The second kappa shape index (κ2) is 3.75. The summed E-state index contributed by atoms with van der Waals surface area (Å²) in [7, 11) is 0. The molecule has 0 aliphatic rings. The smallest absolute Gasteiger partial charge is 0.113 e. The fourth-order valence-electron chi connectivity index (χ4n) is 0.838. The van der Waals surface area contributed by atoms with Gasteiger partial charge in [-0.05, 0) is 24.1 Å². The van der Waals surface area contributed by atoms with Gasteiger partial charge >= 0.3 is 0 Å². The molecule has 1 rings (SSSR count). The van der Waals surface area contributed by atoms with E-state index in [9.17, 15) is 0 Å². The number of hydrogen-bond donors (Lipinski definition) is 1. The molecule has 1 aromatic rings. The molecule has 0 spiro atoms. The first-order valence-corrected chi connectivity index (χ1v) is 3.39. The lowest BCUT2D eigenvalue weighted by molar-refractivity contribution is 0.299. The topological polar surface area (TPSA) is 33.1 Å². The number of rotatable bonds is 2. The molecule has 0 saturated carbocycles. The first-order chi connectivity index (χ1) is 5.36. The maximum absolute atomic E-state index is 8.61. The van der Waals surface area contributed by atoms with Crippen LogP contribution in [-0.4, -0.2) is 16.7 Å². The number of pyridine rings is 1. The minimum Gasteiger partial charge on any atom is -0.396 e. The van der Waals surface area contributed by atoms with Crippen molar-refractivity contribution in [3.05, 3.63) is 29.6 Å². The Labute approximate surface area is 65.9 Å². The molecular formula is C9H9NO. The van der Waals surface area contributed by atoms with E-state index < -0.39 is 0 Å². The number of nitrogens with zero attached hydrogens (tertiary/aromatic N) is 1. The van der Waals surface area contributed by atoms with Crippen molar-refractivity contribution in [2.24, 2.45) is 0 Å². The van der Waals surface area contributed by atoms with Gasteiger partial charge in [0, 0.05) is 12.8 Å². The van der Waals surface area contributed by atoms with Gasteiger partial charge in [0.1, 0.15) is 5.69 Å². The lowest BCUT2D eigenvalue weighted by Crippen LogP contribution is -1.92.